The van der Waals surface area contributed by atoms with Crippen LogP contribution >= 0.6 is 0 Å². The van der Waals surface area contributed by atoms with E-state index in [1.54, 1.807) is 0 Å². The number of fused-ring (bicyclic) bond motifs is 3. The fourth-order valence-corrected chi connectivity index (χ4v) is 3.94. The number of nitrogens with one attached hydrogen (secondary N) is 2. The minimum Gasteiger partial charge on any atom is -0.359 e. The van der Waals surface area contributed by atoms with Gasteiger partial charge >= 0.3 is 0 Å². The fourth-order valence-electron chi connectivity index (χ4n) is 3.94. The first-order valence-corrected chi connectivity index (χ1v) is 7.01. The van der Waals surface area contributed by atoms with E-state index in [1.165, 1.54) is 22.4 Å². The van der Waals surface area contributed by atoms with Crippen molar-refractivity contribution >= 4 is 0 Å². The van der Waals surface area contributed by atoms with Crippen molar-refractivity contribution in [2.75, 3.05) is 7.05 Å². The van der Waals surface area contributed by atoms with Crippen molar-refractivity contribution in [3.63, 3.8) is 0 Å². The summed E-state index contributed by atoms with van der Waals surface area (Å²) in [5, 5.41) is 7.07. The standard InChI is InChI=1S/C17H22N2/c1-5-14-13-8-11(2)10-17(14,18-4)15-7-6-12(3)19-16(15)9-13/h5-8,13,18-19H,3,9-10H2,1-2,4H3/b14-5+. The second kappa shape index (κ2) is 4.24. The molecule has 0 spiro atoms. The lowest BCUT2D eigenvalue weighted by atomic mass is 9.62. The van der Waals surface area contributed by atoms with Gasteiger partial charge in [0.15, 0.2) is 0 Å². The first kappa shape index (κ1) is 12.5. The van der Waals surface area contributed by atoms with Gasteiger partial charge in [0.1, 0.15) is 0 Å². The Hall–Kier alpha value is -1.54. The van der Waals surface area contributed by atoms with E-state index >= 15 is 0 Å². The second-order valence-corrected chi connectivity index (χ2v) is 5.78. The average molecular weight is 254 g/mol. The highest BCUT2D eigenvalue weighted by Gasteiger charge is 2.46. The first-order valence-electron chi connectivity index (χ1n) is 7.01. The highest BCUT2D eigenvalue weighted by Crippen LogP contribution is 2.49. The average Bonchev–Trinajstić information content (AvgIpc) is 2.37. The highest BCUT2D eigenvalue weighted by atomic mass is 15.0. The van der Waals surface area contributed by atoms with Crippen molar-refractivity contribution in [1.29, 1.82) is 0 Å². The summed E-state index contributed by atoms with van der Waals surface area (Å²) in [5.41, 5.74) is 6.68. The van der Waals surface area contributed by atoms with Crippen molar-refractivity contribution in [3.8, 4) is 0 Å². The van der Waals surface area contributed by atoms with Crippen LogP contribution in [0.15, 0.2) is 59.0 Å². The number of allylic oxidation sites excluding steroid dienone is 4. The van der Waals surface area contributed by atoms with Gasteiger partial charge in [0.2, 0.25) is 0 Å². The summed E-state index contributed by atoms with van der Waals surface area (Å²) in [4.78, 5) is 0. The molecular weight excluding hydrogens is 232 g/mol. The van der Waals surface area contributed by atoms with Crippen LogP contribution in [0.3, 0.4) is 0 Å². The predicted octanol–water partition coefficient (Wildman–Crippen LogP) is 3.19. The smallest absolute Gasteiger partial charge is 0.0707 e. The third-order valence-electron chi connectivity index (χ3n) is 4.63. The minimum absolute atomic E-state index is 0.0317. The Morgan fingerprint density at radius 1 is 1.47 bits per heavy atom. The van der Waals surface area contributed by atoms with Gasteiger partial charge in [0.05, 0.1) is 5.54 Å². The maximum absolute atomic E-state index is 4.02. The molecule has 2 nitrogen and oxygen atoms in total. The summed E-state index contributed by atoms with van der Waals surface area (Å²) >= 11 is 0. The molecule has 2 heteroatoms. The number of rotatable bonds is 1. The van der Waals surface area contributed by atoms with Crippen LogP contribution in [0.2, 0.25) is 0 Å². The first-order chi connectivity index (χ1) is 9.10. The van der Waals surface area contributed by atoms with Crippen LogP contribution in [0.25, 0.3) is 0 Å². The van der Waals surface area contributed by atoms with Crippen molar-refractivity contribution in [2.45, 2.75) is 32.2 Å². The normalized spacial score (nSPS) is 35.1. The maximum Gasteiger partial charge on any atom is 0.0707 e. The summed E-state index contributed by atoms with van der Waals surface area (Å²) < 4.78 is 0. The van der Waals surface area contributed by atoms with E-state index in [2.05, 4.69) is 62.4 Å². The van der Waals surface area contributed by atoms with Crippen molar-refractivity contribution in [1.82, 2.24) is 10.6 Å². The summed E-state index contributed by atoms with van der Waals surface area (Å²) in [5.74, 6) is 0.511. The molecule has 2 bridgehead atoms. The molecule has 0 amide bonds. The minimum atomic E-state index is -0.0317. The predicted molar refractivity (Wildman–Crippen MR) is 80.5 cm³/mol. The van der Waals surface area contributed by atoms with E-state index in [4.69, 9.17) is 0 Å². The Bertz CT molecular complexity index is 560. The van der Waals surface area contributed by atoms with E-state index in [0.717, 1.165) is 18.5 Å². The molecule has 0 fully saturated rings. The van der Waals surface area contributed by atoms with Crippen molar-refractivity contribution < 1.29 is 0 Å². The van der Waals surface area contributed by atoms with Gasteiger partial charge in [-0.1, -0.05) is 30.4 Å². The molecular formula is C17H22N2. The molecule has 100 valence electrons. The Balaban J connectivity index is 2.20. The maximum atomic E-state index is 4.02. The molecule has 3 aliphatic rings. The molecule has 1 aliphatic heterocycles. The van der Waals surface area contributed by atoms with Gasteiger partial charge in [-0.2, -0.15) is 0 Å². The molecule has 2 unspecified atom stereocenters. The zero-order chi connectivity index (χ0) is 13.6. The summed E-state index contributed by atoms with van der Waals surface area (Å²) in [6, 6.07) is 0. The Morgan fingerprint density at radius 2 is 2.26 bits per heavy atom. The second-order valence-electron chi connectivity index (χ2n) is 5.78. The number of hydrogen-bond acceptors (Lipinski definition) is 2. The van der Waals surface area contributed by atoms with Gasteiger partial charge in [0.25, 0.3) is 0 Å². The molecule has 2 aliphatic carbocycles. The van der Waals surface area contributed by atoms with Gasteiger partial charge in [-0.15, -0.1) is 0 Å². The van der Waals surface area contributed by atoms with Crippen LogP contribution in [0.5, 0.6) is 0 Å². The fraction of sp³-hybridized carbons (Fsp3) is 0.412. The number of dihydropyridines is 1. The monoisotopic (exact) mass is 254 g/mol. The van der Waals surface area contributed by atoms with E-state index in [-0.39, 0.29) is 5.54 Å². The molecule has 0 radical (unpaired) electrons. The van der Waals surface area contributed by atoms with Crippen LogP contribution < -0.4 is 10.6 Å². The molecule has 1 heterocycles. The zero-order valence-corrected chi connectivity index (χ0v) is 12.0. The van der Waals surface area contributed by atoms with Crippen LogP contribution in [0, 0.1) is 5.92 Å². The molecule has 0 aromatic carbocycles. The molecule has 0 saturated carbocycles. The molecule has 0 aromatic rings. The largest absolute Gasteiger partial charge is 0.359 e. The number of likely N-dealkylation sites (N-methyl/N-ethyl adjacent to an activating group) is 1. The molecule has 3 rings (SSSR count). The Labute approximate surface area is 115 Å². The molecule has 2 N–H and O–H groups in total. The van der Waals surface area contributed by atoms with Crippen LogP contribution in [0.4, 0.5) is 0 Å². The summed E-state index contributed by atoms with van der Waals surface area (Å²) in [6.45, 7) is 8.43. The van der Waals surface area contributed by atoms with E-state index in [9.17, 15) is 0 Å². The summed E-state index contributed by atoms with van der Waals surface area (Å²) in [7, 11) is 2.08. The van der Waals surface area contributed by atoms with Gasteiger partial charge < -0.3 is 10.6 Å². The molecule has 2 atom stereocenters. The van der Waals surface area contributed by atoms with Crippen LogP contribution in [-0.4, -0.2) is 12.6 Å². The zero-order valence-electron chi connectivity index (χ0n) is 12.0. The Morgan fingerprint density at radius 3 is 2.95 bits per heavy atom. The third-order valence-corrected chi connectivity index (χ3v) is 4.63. The quantitative estimate of drug-likeness (QED) is 0.702. The molecule has 0 saturated heterocycles. The molecule has 19 heavy (non-hydrogen) atoms. The molecule has 0 aromatic heterocycles. The van der Waals surface area contributed by atoms with E-state index < -0.39 is 0 Å². The SMILES string of the molecule is C=C1C=CC2=C(CC3C=C(C)CC2(NC)/C3=C/C)N1. The van der Waals surface area contributed by atoms with Crippen LogP contribution in [0.1, 0.15) is 26.7 Å². The summed E-state index contributed by atoms with van der Waals surface area (Å²) in [6.07, 6.45) is 11.2. The lowest BCUT2D eigenvalue weighted by Crippen LogP contribution is -2.53. The van der Waals surface area contributed by atoms with Crippen molar-refractivity contribution in [3.05, 3.63) is 59.0 Å². The van der Waals surface area contributed by atoms with E-state index in [1.807, 2.05) is 0 Å². The Kier molecular flexibility index (Phi) is 2.79. The highest BCUT2D eigenvalue weighted by molar-refractivity contribution is 5.56. The topological polar surface area (TPSA) is 24.1 Å². The lowest BCUT2D eigenvalue weighted by Gasteiger charge is -2.49. The van der Waals surface area contributed by atoms with E-state index in [0.29, 0.717) is 5.92 Å². The third kappa shape index (κ3) is 1.67. The lowest BCUT2D eigenvalue weighted by molar-refractivity contribution is 0.390. The van der Waals surface area contributed by atoms with Crippen LogP contribution in [-0.2, 0) is 0 Å². The van der Waals surface area contributed by atoms with Crippen molar-refractivity contribution in [2.24, 2.45) is 5.92 Å². The van der Waals surface area contributed by atoms with Gasteiger partial charge in [-0.05, 0) is 51.0 Å². The van der Waals surface area contributed by atoms with Gasteiger partial charge in [-0.3, -0.25) is 0 Å². The number of hydrogen-bond donors (Lipinski definition) is 2. The van der Waals surface area contributed by atoms with Gasteiger partial charge in [-0.25, -0.2) is 0 Å². The van der Waals surface area contributed by atoms with Gasteiger partial charge in [0, 0.05) is 17.3 Å².